The highest BCUT2D eigenvalue weighted by Gasteiger charge is 2.27. The van der Waals surface area contributed by atoms with E-state index in [4.69, 9.17) is 14.2 Å². The van der Waals surface area contributed by atoms with E-state index in [-0.39, 0.29) is 30.2 Å². The van der Waals surface area contributed by atoms with E-state index >= 15 is 0 Å². The summed E-state index contributed by atoms with van der Waals surface area (Å²) in [6.07, 6.45) is 6.47. The van der Waals surface area contributed by atoms with Gasteiger partial charge in [0.1, 0.15) is 29.9 Å². The molecule has 2 N–H and O–H groups in total. The molecule has 2 fully saturated rings. The Morgan fingerprint density at radius 1 is 1.14 bits per heavy atom. The zero-order chi connectivity index (χ0) is 25.9. The Balaban J connectivity index is 1.37. The van der Waals surface area contributed by atoms with Gasteiger partial charge < -0.3 is 29.4 Å². The van der Waals surface area contributed by atoms with Gasteiger partial charge in [-0.3, -0.25) is 9.59 Å². The zero-order valence-electron chi connectivity index (χ0n) is 20.9. The van der Waals surface area contributed by atoms with Crippen molar-refractivity contribution >= 4 is 22.8 Å². The number of hydrogen-bond acceptors (Lipinski definition) is 7. The van der Waals surface area contributed by atoms with E-state index in [0.717, 1.165) is 12.8 Å². The highest BCUT2D eigenvalue weighted by molar-refractivity contribution is 6.08. The largest absolute Gasteiger partial charge is 0.494 e. The molecule has 1 aromatic carbocycles. The fourth-order valence-electron chi connectivity index (χ4n) is 4.56. The van der Waals surface area contributed by atoms with Gasteiger partial charge in [-0.05, 0) is 37.7 Å². The van der Waals surface area contributed by atoms with E-state index in [9.17, 15) is 14.0 Å². The number of aromatic amines is 1. The molecule has 2 aromatic heterocycles. The van der Waals surface area contributed by atoms with Gasteiger partial charge in [0.05, 0.1) is 24.8 Å². The summed E-state index contributed by atoms with van der Waals surface area (Å²) in [6.45, 7) is 1.70. The van der Waals surface area contributed by atoms with Crippen molar-refractivity contribution in [3.05, 3.63) is 36.0 Å². The molecule has 11 heteroatoms. The molecule has 3 aromatic rings. The zero-order valence-corrected chi connectivity index (χ0v) is 20.9. The van der Waals surface area contributed by atoms with Crippen molar-refractivity contribution < 1.29 is 28.2 Å². The van der Waals surface area contributed by atoms with Crippen LogP contribution in [0.2, 0.25) is 0 Å². The van der Waals surface area contributed by atoms with E-state index < -0.39 is 5.82 Å². The average molecular weight is 512 g/mol. The normalized spacial score (nSPS) is 16.1. The highest BCUT2D eigenvalue weighted by atomic mass is 19.1. The lowest BCUT2D eigenvalue weighted by atomic mass is 10.0. The van der Waals surface area contributed by atoms with Gasteiger partial charge in [-0.15, -0.1) is 0 Å². The second-order valence-electron chi connectivity index (χ2n) is 9.45. The summed E-state index contributed by atoms with van der Waals surface area (Å²) >= 11 is 0. The van der Waals surface area contributed by atoms with E-state index in [1.807, 2.05) is 0 Å². The van der Waals surface area contributed by atoms with Crippen molar-refractivity contribution in [2.24, 2.45) is 5.92 Å². The molecule has 1 aliphatic heterocycles. The molecule has 0 spiro atoms. The van der Waals surface area contributed by atoms with Crippen LogP contribution in [0.5, 0.6) is 11.5 Å². The second kappa shape index (κ2) is 10.7. The van der Waals surface area contributed by atoms with Gasteiger partial charge in [-0.25, -0.2) is 14.4 Å². The highest BCUT2D eigenvalue weighted by Crippen LogP contribution is 2.39. The van der Waals surface area contributed by atoms with Crippen LogP contribution in [0.1, 0.15) is 36.0 Å². The van der Waals surface area contributed by atoms with Crippen LogP contribution in [0, 0.1) is 11.7 Å². The number of amides is 2. The lowest BCUT2D eigenvalue weighted by Crippen LogP contribution is -2.47. The first-order valence-electron chi connectivity index (χ1n) is 12.4. The number of carbonyl (C=O) groups excluding carboxylic acids is 2. The van der Waals surface area contributed by atoms with Crippen LogP contribution in [-0.4, -0.2) is 78.2 Å². The minimum atomic E-state index is -0.539. The van der Waals surface area contributed by atoms with Crippen LogP contribution < -0.4 is 14.8 Å². The quantitative estimate of drug-likeness (QED) is 0.453. The van der Waals surface area contributed by atoms with Gasteiger partial charge in [0.2, 0.25) is 5.91 Å². The first-order chi connectivity index (χ1) is 18.0. The number of likely N-dealkylation sites (tertiary alicyclic amines) is 1. The fraction of sp³-hybridized carbons (Fsp3) is 0.462. The lowest BCUT2D eigenvalue weighted by Gasteiger charge is -2.32. The molecule has 37 heavy (non-hydrogen) atoms. The van der Waals surface area contributed by atoms with Gasteiger partial charge in [0.25, 0.3) is 5.91 Å². The number of carbonyl (C=O) groups is 2. The number of nitrogens with zero attached hydrogens (tertiary/aromatic N) is 3. The summed E-state index contributed by atoms with van der Waals surface area (Å²) in [5, 5.41) is 3.05. The Labute approximate surface area is 213 Å². The van der Waals surface area contributed by atoms with E-state index in [0.29, 0.717) is 72.1 Å². The van der Waals surface area contributed by atoms with Crippen molar-refractivity contribution in [2.45, 2.75) is 31.7 Å². The molecule has 0 bridgehead atoms. The van der Waals surface area contributed by atoms with Gasteiger partial charge in [-0.1, -0.05) is 0 Å². The number of rotatable bonds is 9. The monoisotopic (exact) mass is 511 g/mol. The van der Waals surface area contributed by atoms with E-state index in [1.54, 1.807) is 11.1 Å². The number of aromatic nitrogens is 3. The minimum absolute atomic E-state index is 0.0522. The van der Waals surface area contributed by atoms with Crippen LogP contribution in [0.3, 0.4) is 0 Å². The number of hydrogen-bond donors (Lipinski definition) is 2. The number of H-pyrrole nitrogens is 1. The topological polar surface area (TPSA) is 119 Å². The summed E-state index contributed by atoms with van der Waals surface area (Å²) < 4.78 is 30.8. The van der Waals surface area contributed by atoms with Crippen LogP contribution in [0.25, 0.3) is 22.3 Å². The smallest absolute Gasteiger partial charge is 0.255 e. The molecule has 0 atom stereocenters. The number of fused-ring (bicyclic) bond motifs is 1. The first kappa shape index (κ1) is 24.9. The molecular formula is C26H30FN5O5. The van der Waals surface area contributed by atoms with Crippen LogP contribution in [0.4, 0.5) is 4.39 Å². The summed E-state index contributed by atoms with van der Waals surface area (Å²) in [5.74, 6) is 0.178. The number of methoxy groups -OCH3 is 2. The third kappa shape index (κ3) is 5.36. The van der Waals surface area contributed by atoms with Gasteiger partial charge in [-0.2, -0.15) is 0 Å². The molecule has 1 aliphatic carbocycles. The van der Waals surface area contributed by atoms with Gasteiger partial charge in [0, 0.05) is 44.1 Å². The fourth-order valence-corrected chi connectivity index (χ4v) is 4.56. The molecular weight excluding hydrogens is 481 g/mol. The van der Waals surface area contributed by atoms with Crippen molar-refractivity contribution in [3.63, 3.8) is 0 Å². The predicted molar refractivity (Wildman–Crippen MR) is 133 cm³/mol. The Morgan fingerprint density at radius 2 is 1.92 bits per heavy atom. The predicted octanol–water partition coefficient (Wildman–Crippen LogP) is 2.93. The van der Waals surface area contributed by atoms with Gasteiger partial charge in [0.15, 0.2) is 11.6 Å². The Morgan fingerprint density at radius 3 is 2.62 bits per heavy atom. The Bertz CT molecular complexity index is 1300. The molecule has 1 saturated carbocycles. The summed E-state index contributed by atoms with van der Waals surface area (Å²) in [6, 6.07) is 2.80. The maximum atomic E-state index is 14.7. The van der Waals surface area contributed by atoms with Crippen molar-refractivity contribution in [1.29, 1.82) is 0 Å². The first-order valence-corrected chi connectivity index (χ1v) is 12.4. The number of benzene rings is 1. The van der Waals surface area contributed by atoms with Gasteiger partial charge >= 0.3 is 0 Å². The minimum Gasteiger partial charge on any atom is -0.494 e. The van der Waals surface area contributed by atoms with Crippen molar-refractivity contribution in [3.8, 4) is 22.8 Å². The Kier molecular flexibility index (Phi) is 7.22. The van der Waals surface area contributed by atoms with Crippen LogP contribution in [0.15, 0.2) is 24.7 Å². The Hall–Kier alpha value is -3.73. The third-order valence-corrected chi connectivity index (χ3v) is 6.84. The summed E-state index contributed by atoms with van der Waals surface area (Å²) in [4.78, 5) is 38.8. The standard InChI is InChI=1S/C26H30FN5O5/c1-35-13-22(33)32-7-5-16(6-8-32)31-26(34)18-11-28-25-23(29-14-30-24(18)25)17-9-19(27)21(36-2)10-20(17)37-12-15-3-4-15/h9-11,14-16,28H,3-8,12-13H2,1-2H3,(H,31,34). The maximum absolute atomic E-state index is 14.7. The number of nitrogens with one attached hydrogen (secondary N) is 2. The molecule has 3 heterocycles. The maximum Gasteiger partial charge on any atom is 0.255 e. The molecule has 10 nitrogen and oxygen atoms in total. The molecule has 196 valence electrons. The molecule has 0 radical (unpaired) electrons. The second-order valence-corrected chi connectivity index (χ2v) is 9.45. The van der Waals surface area contributed by atoms with Crippen molar-refractivity contribution in [2.75, 3.05) is 40.5 Å². The molecule has 0 unspecified atom stereocenters. The summed E-state index contributed by atoms with van der Waals surface area (Å²) in [5.41, 5.74) is 2.19. The van der Waals surface area contributed by atoms with E-state index in [2.05, 4.69) is 20.3 Å². The molecule has 2 aliphatic rings. The molecule has 1 saturated heterocycles. The SMILES string of the molecule is COCC(=O)N1CCC(NC(=O)c2c[nH]c3c(-c4cc(F)c(OC)cc4OCC4CC4)ncnc23)CC1. The lowest BCUT2D eigenvalue weighted by molar-refractivity contribution is -0.136. The van der Waals surface area contributed by atoms with Crippen molar-refractivity contribution in [1.82, 2.24) is 25.2 Å². The molecule has 2 amide bonds. The number of halogens is 1. The molecule has 5 rings (SSSR count). The van der Waals surface area contributed by atoms with Crippen LogP contribution >= 0.6 is 0 Å². The number of ether oxygens (including phenoxy) is 3. The average Bonchev–Trinajstić information content (AvgIpc) is 3.63. The third-order valence-electron chi connectivity index (χ3n) is 6.84. The van der Waals surface area contributed by atoms with E-state index in [1.165, 1.54) is 32.7 Å². The summed E-state index contributed by atoms with van der Waals surface area (Å²) in [7, 11) is 2.90. The number of piperidine rings is 1. The van der Waals surface area contributed by atoms with Crippen LogP contribution in [-0.2, 0) is 9.53 Å².